The fraction of sp³-hybridized carbons (Fsp3) is 0.500. The van der Waals surface area contributed by atoms with E-state index in [0.29, 0.717) is 17.0 Å². The second-order valence-corrected chi connectivity index (χ2v) is 12.0. The fourth-order valence-electron chi connectivity index (χ4n) is 7.12. The maximum atomic E-state index is 11.3. The maximum Gasteiger partial charge on any atom is 0.109 e. The van der Waals surface area contributed by atoms with Crippen molar-refractivity contribution in [1.29, 1.82) is 0 Å². The Labute approximate surface area is 220 Å². The van der Waals surface area contributed by atoms with E-state index >= 15 is 0 Å². The second kappa shape index (κ2) is 8.86. The van der Waals surface area contributed by atoms with Gasteiger partial charge in [0, 0.05) is 55.3 Å². The lowest BCUT2D eigenvalue weighted by atomic mass is 9.68. The standard InChI is InChI=1S/C28H33BrClN3O2/c1-32-16-18(17-33-12-10-27(34,11-13-33)19-6-8-20(30)9-7-19)15-28(35-2)22-4-3-5-23-25(22)21(14-24(28)32)26(29)31-23/h3-9,18,24,31,34H,10-17H2,1-2H3/t18-,24-,28+/m1/s1. The molecule has 2 N–H and O–H groups in total. The zero-order valence-corrected chi connectivity index (χ0v) is 22.7. The third-order valence-corrected chi connectivity index (χ3v) is 9.81. The fourth-order valence-corrected chi connectivity index (χ4v) is 7.82. The minimum Gasteiger partial charge on any atom is -0.385 e. The molecule has 0 spiro atoms. The van der Waals surface area contributed by atoms with Crippen LogP contribution in [0.3, 0.4) is 0 Å². The molecule has 0 amide bonds. The molecule has 2 aliphatic heterocycles. The van der Waals surface area contributed by atoms with Crippen LogP contribution in [0.15, 0.2) is 47.1 Å². The van der Waals surface area contributed by atoms with Crippen LogP contribution < -0.4 is 0 Å². The molecule has 186 valence electrons. The van der Waals surface area contributed by atoms with Gasteiger partial charge in [0.15, 0.2) is 0 Å². The van der Waals surface area contributed by atoms with Crippen molar-refractivity contribution < 1.29 is 9.84 Å². The second-order valence-electron chi connectivity index (χ2n) is 10.8. The van der Waals surface area contributed by atoms with E-state index in [1.54, 1.807) is 0 Å². The van der Waals surface area contributed by atoms with Crippen LogP contribution in [0, 0.1) is 5.92 Å². The highest BCUT2D eigenvalue weighted by atomic mass is 79.9. The normalized spacial score (nSPS) is 28.8. The Hall–Kier alpha value is -1.41. The molecule has 3 aliphatic rings. The number of ether oxygens (including phenoxy) is 1. The van der Waals surface area contributed by atoms with Crippen LogP contribution >= 0.6 is 27.5 Å². The minimum atomic E-state index is -0.764. The number of nitrogens with one attached hydrogen (secondary N) is 1. The number of fused-ring (bicyclic) bond motifs is 2. The molecule has 0 bridgehead atoms. The largest absolute Gasteiger partial charge is 0.385 e. The highest BCUT2D eigenvalue weighted by Gasteiger charge is 2.52. The van der Waals surface area contributed by atoms with Crippen LogP contribution in [0.4, 0.5) is 0 Å². The van der Waals surface area contributed by atoms with Crippen molar-refractivity contribution in [3.8, 4) is 0 Å². The molecular weight excluding hydrogens is 526 g/mol. The van der Waals surface area contributed by atoms with Crippen LogP contribution in [0.5, 0.6) is 0 Å². The highest BCUT2D eigenvalue weighted by Crippen LogP contribution is 2.51. The average Bonchev–Trinajstić information content (AvgIpc) is 3.18. The Morgan fingerprint density at radius 2 is 1.91 bits per heavy atom. The number of piperidine rings is 2. The summed E-state index contributed by atoms with van der Waals surface area (Å²) in [4.78, 5) is 8.59. The van der Waals surface area contributed by atoms with Gasteiger partial charge in [0.05, 0.1) is 10.2 Å². The van der Waals surface area contributed by atoms with Gasteiger partial charge < -0.3 is 19.7 Å². The molecule has 0 unspecified atom stereocenters. The molecule has 1 aromatic heterocycles. The third-order valence-electron chi connectivity index (χ3n) is 8.88. The molecule has 7 heteroatoms. The number of methoxy groups -OCH3 is 1. The van der Waals surface area contributed by atoms with Crippen LogP contribution in [0.25, 0.3) is 10.9 Å². The number of likely N-dealkylation sites (N-methyl/N-ethyl adjacent to an activating group) is 1. The van der Waals surface area contributed by atoms with Crippen molar-refractivity contribution in [3.63, 3.8) is 0 Å². The number of benzene rings is 2. The molecule has 1 aliphatic carbocycles. The Morgan fingerprint density at radius 3 is 2.63 bits per heavy atom. The van der Waals surface area contributed by atoms with Gasteiger partial charge in [-0.3, -0.25) is 4.90 Å². The van der Waals surface area contributed by atoms with Gasteiger partial charge in [0.25, 0.3) is 0 Å². The first-order chi connectivity index (χ1) is 16.8. The number of halogens is 2. The first-order valence-corrected chi connectivity index (χ1v) is 13.8. The van der Waals surface area contributed by atoms with E-state index in [-0.39, 0.29) is 5.60 Å². The number of aromatic nitrogens is 1. The summed E-state index contributed by atoms with van der Waals surface area (Å²) in [6.07, 6.45) is 3.48. The van der Waals surface area contributed by atoms with Crippen LogP contribution in [-0.2, 0) is 22.4 Å². The zero-order valence-electron chi connectivity index (χ0n) is 20.4. The predicted octanol–water partition coefficient (Wildman–Crippen LogP) is 5.29. The first-order valence-electron chi connectivity index (χ1n) is 12.6. The van der Waals surface area contributed by atoms with Gasteiger partial charge in [0.1, 0.15) is 5.60 Å². The summed E-state index contributed by atoms with van der Waals surface area (Å²) in [7, 11) is 4.15. The number of aromatic amines is 1. The van der Waals surface area contributed by atoms with Gasteiger partial charge >= 0.3 is 0 Å². The third kappa shape index (κ3) is 3.89. The number of nitrogens with zero attached hydrogens (tertiary/aromatic N) is 2. The summed E-state index contributed by atoms with van der Waals surface area (Å²) in [5, 5.41) is 13.3. The quantitative estimate of drug-likeness (QED) is 0.457. The molecule has 0 saturated carbocycles. The highest BCUT2D eigenvalue weighted by molar-refractivity contribution is 9.10. The summed E-state index contributed by atoms with van der Waals surface area (Å²) >= 11 is 9.83. The predicted molar refractivity (Wildman–Crippen MR) is 144 cm³/mol. The topological polar surface area (TPSA) is 51.7 Å². The van der Waals surface area contributed by atoms with E-state index in [2.05, 4.69) is 56.0 Å². The van der Waals surface area contributed by atoms with E-state index in [1.807, 2.05) is 31.4 Å². The molecule has 0 radical (unpaired) electrons. The van der Waals surface area contributed by atoms with E-state index in [1.165, 1.54) is 22.0 Å². The van der Waals surface area contributed by atoms with Crippen molar-refractivity contribution in [2.75, 3.05) is 40.3 Å². The summed E-state index contributed by atoms with van der Waals surface area (Å²) in [6, 6.07) is 14.6. The lowest BCUT2D eigenvalue weighted by Crippen LogP contribution is -2.60. The van der Waals surface area contributed by atoms with Crippen molar-refractivity contribution >= 4 is 38.4 Å². The van der Waals surface area contributed by atoms with Crippen molar-refractivity contribution in [2.45, 2.75) is 42.9 Å². The molecule has 2 fully saturated rings. The van der Waals surface area contributed by atoms with Crippen LogP contribution in [0.2, 0.25) is 5.02 Å². The lowest BCUT2D eigenvalue weighted by Gasteiger charge is -2.54. The molecule has 3 atom stereocenters. The number of aliphatic hydroxyl groups is 1. The Kier molecular flexibility index (Phi) is 6.06. The Morgan fingerprint density at radius 1 is 1.17 bits per heavy atom. The summed E-state index contributed by atoms with van der Waals surface area (Å²) in [6.45, 7) is 3.88. The molecule has 3 aromatic rings. The average molecular weight is 559 g/mol. The van der Waals surface area contributed by atoms with E-state index < -0.39 is 5.60 Å². The molecule has 35 heavy (non-hydrogen) atoms. The number of likely N-dealkylation sites (tertiary alicyclic amines) is 2. The number of hydrogen-bond donors (Lipinski definition) is 2. The van der Waals surface area contributed by atoms with Crippen molar-refractivity contribution in [2.24, 2.45) is 5.92 Å². The van der Waals surface area contributed by atoms with Crippen LogP contribution in [-0.4, -0.2) is 66.3 Å². The van der Waals surface area contributed by atoms with E-state index in [0.717, 1.165) is 62.0 Å². The molecule has 5 nitrogen and oxygen atoms in total. The monoisotopic (exact) mass is 557 g/mol. The molecule has 3 heterocycles. The zero-order chi connectivity index (χ0) is 24.4. The van der Waals surface area contributed by atoms with E-state index in [9.17, 15) is 5.11 Å². The number of H-pyrrole nitrogens is 1. The van der Waals surface area contributed by atoms with Crippen molar-refractivity contribution in [3.05, 3.63) is 68.8 Å². The number of hydrogen-bond acceptors (Lipinski definition) is 4. The molecule has 2 saturated heterocycles. The molecule has 6 rings (SSSR count). The van der Waals surface area contributed by atoms with Crippen LogP contribution in [0.1, 0.15) is 36.0 Å². The summed E-state index contributed by atoms with van der Waals surface area (Å²) in [5.74, 6) is 0.497. The summed E-state index contributed by atoms with van der Waals surface area (Å²) in [5.41, 5.74) is 3.77. The van der Waals surface area contributed by atoms with Gasteiger partial charge in [-0.25, -0.2) is 0 Å². The lowest BCUT2D eigenvalue weighted by molar-refractivity contribution is -0.130. The summed E-state index contributed by atoms with van der Waals surface area (Å²) < 4.78 is 7.59. The number of rotatable bonds is 4. The smallest absolute Gasteiger partial charge is 0.109 e. The van der Waals surface area contributed by atoms with Gasteiger partial charge in [-0.2, -0.15) is 0 Å². The van der Waals surface area contributed by atoms with Gasteiger partial charge in [0.2, 0.25) is 0 Å². The van der Waals surface area contributed by atoms with Crippen molar-refractivity contribution in [1.82, 2.24) is 14.8 Å². The molecule has 2 aromatic carbocycles. The minimum absolute atomic E-state index is 0.310. The van der Waals surface area contributed by atoms with Gasteiger partial charge in [-0.15, -0.1) is 0 Å². The Bertz CT molecular complexity index is 1240. The van der Waals surface area contributed by atoms with Gasteiger partial charge in [-0.1, -0.05) is 35.9 Å². The van der Waals surface area contributed by atoms with E-state index in [4.69, 9.17) is 16.3 Å². The first kappa shape index (κ1) is 24.0. The Balaban J connectivity index is 1.22. The maximum absolute atomic E-state index is 11.3. The SMILES string of the molecule is CO[C@]12C[C@@H](CN3CCC(O)(c4ccc(Cl)cc4)CC3)CN(C)[C@@H]1Cc1c(Br)[nH]c3cccc2c13. The molecular formula is C28H33BrClN3O2. The van der Waals surface area contributed by atoms with Gasteiger partial charge in [-0.05, 0) is 89.5 Å².